The van der Waals surface area contributed by atoms with E-state index in [4.69, 9.17) is 10.4 Å². The van der Waals surface area contributed by atoms with Gasteiger partial charge in [-0.25, -0.2) is 9.97 Å². The lowest BCUT2D eigenvalue weighted by molar-refractivity contribution is -0.144. The van der Waals surface area contributed by atoms with Gasteiger partial charge >= 0.3 is 12.1 Å². The topological polar surface area (TPSA) is 152 Å². The molecule has 14 heteroatoms. The third-order valence-corrected chi connectivity index (χ3v) is 7.50. The van der Waals surface area contributed by atoms with Gasteiger partial charge in [-0.05, 0) is 68.6 Å². The zero-order valence-electron chi connectivity index (χ0n) is 24.5. The zero-order valence-corrected chi connectivity index (χ0v) is 24.5. The molecule has 0 aliphatic carbocycles. The molecule has 2 aliphatic rings. The van der Waals surface area contributed by atoms with Crippen molar-refractivity contribution in [3.63, 3.8) is 0 Å². The minimum Gasteiger partial charge on any atom is -0.480 e. The summed E-state index contributed by atoms with van der Waals surface area (Å²) in [4.78, 5) is 43.3. The Labute approximate surface area is 254 Å². The quantitative estimate of drug-likeness (QED) is 0.240. The zero-order chi connectivity index (χ0) is 32.0. The number of nitriles is 1. The Balaban J connectivity index is 0.000000340. The molecule has 44 heavy (non-hydrogen) atoms. The molecule has 2 aromatic rings. The molecule has 2 fully saturated rings. The van der Waals surface area contributed by atoms with E-state index in [0.717, 1.165) is 44.1 Å². The summed E-state index contributed by atoms with van der Waals surface area (Å²) >= 11 is 0. The van der Waals surface area contributed by atoms with Crippen LogP contribution in [0.3, 0.4) is 0 Å². The first-order chi connectivity index (χ1) is 21.1. The van der Waals surface area contributed by atoms with Gasteiger partial charge in [0, 0.05) is 45.2 Å². The van der Waals surface area contributed by atoms with Gasteiger partial charge < -0.3 is 25.5 Å². The van der Waals surface area contributed by atoms with Crippen molar-refractivity contribution in [2.75, 3.05) is 49.1 Å². The molecule has 0 radical (unpaired) electrons. The highest BCUT2D eigenvalue weighted by atomic mass is 19.4. The van der Waals surface area contributed by atoms with Gasteiger partial charge in [0.1, 0.15) is 18.2 Å². The fourth-order valence-electron chi connectivity index (χ4n) is 5.11. The average molecular weight is 618 g/mol. The minimum atomic E-state index is -4.59. The van der Waals surface area contributed by atoms with Crippen LogP contribution in [0.25, 0.3) is 0 Å². The Bertz CT molecular complexity index is 1270. The Morgan fingerprint density at radius 2 is 1.66 bits per heavy atom. The van der Waals surface area contributed by atoms with Crippen LogP contribution in [0.2, 0.25) is 0 Å². The number of aromatic nitrogens is 2. The number of carboxylic acids is 1. The Kier molecular flexibility index (Phi) is 13.2. The van der Waals surface area contributed by atoms with Crippen molar-refractivity contribution in [1.82, 2.24) is 20.6 Å². The lowest BCUT2D eigenvalue weighted by atomic mass is 9.91. The van der Waals surface area contributed by atoms with E-state index in [1.54, 1.807) is 18.2 Å². The number of nitrogens with zero attached hydrogens (tertiary/aromatic N) is 5. The van der Waals surface area contributed by atoms with Crippen molar-refractivity contribution < 1.29 is 32.7 Å². The van der Waals surface area contributed by atoms with Crippen LogP contribution in [0.4, 0.5) is 24.8 Å². The van der Waals surface area contributed by atoms with Crippen LogP contribution in [0.15, 0.2) is 30.3 Å². The number of amides is 2. The summed E-state index contributed by atoms with van der Waals surface area (Å²) in [6, 6.07) is 11.0. The van der Waals surface area contributed by atoms with Gasteiger partial charge in [-0.2, -0.15) is 18.4 Å². The number of carboxylic acid groups (broad SMARTS) is 1. The molecule has 2 aliphatic heterocycles. The number of hydrogen-bond donors (Lipinski definition) is 3. The highest BCUT2D eigenvalue weighted by Gasteiger charge is 2.37. The van der Waals surface area contributed by atoms with Gasteiger partial charge in [0.15, 0.2) is 0 Å². The minimum absolute atomic E-state index is 0.271. The Morgan fingerprint density at radius 3 is 2.20 bits per heavy atom. The second-order valence-corrected chi connectivity index (χ2v) is 10.7. The fraction of sp³-hybridized carbons (Fsp3) is 0.533. The average Bonchev–Trinajstić information content (AvgIpc) is 3.56. The molecule has 4 rings (SSSR count). The molecule has 0 unspecified atom stereocenters. The largest absolute Gasteiger partial charge is 0.480 e. The van der Waals surface area contributed by atoms with Crippen molar-refractivity contribution in [2.45, 2.75) is 57.5 Å². The van der Waals surface area contributed by atoms with Crippen molar-refractivity contribution in [3.8, 4) is 6.07 Å². The maximum atomic E-state index is 13.3. The number of aliphatic carboxylic acids is 1. The standard InChI is InChI=1S/C20H28F3N5O3.C10H10N2O/c21-20(22,23)19-25-15(27-8-1-2-9-27)12-16(26-19)28-10-6-14(7-11-28)4-3-5-17(29)24-13-18(30)31;11-7-10-3-1-9(2-4-10)5-6-12-8-13/h12,14H,1-11,13H2,(H,24,29)(H,30,31);1-4,8H,5-6H2,(H,12,13). The van der Waals surface area contributed by atoms with Gasteiger partial charge in [0.25, 0.3) is 0 Å². The van der Waals surface area contributed by atoms with Crippen LogP contribution < -0.4 is 20.4 Å². The van der Waals surface area contributed by atoms with Gasteiger partial charge in [-0.3, -0.25) is 14.4 Å². The first kappa shape index (κ1) is 34.1. The number of hydrogen-bond acceptors (Lipinski definition) is 8. The Morgan fingerprint density at radius 1 is 1.05 bits per heavy atom. The summed E-state index contributed by atoms with van der Waals surface area (Å²) in [6.07, 6.45) is 2.14. The second-order valence-electron chi connectivity index (χ2n) is 10.7. The van der Waals surface area contributed by atoms with Gasteiger partial charge in [0.05, 0.1) is 11.6 Å². The summed E-state index contributed by atoms with van der Waals surface area (Å²) in [7, 11) is 0. The molecule has 2 saturated heterocycles. The predicted molar refractivity (Wildman–Crippen MR) is 157 cm³/mol. The lowest BCUT2D eigenvalue weighted by Crippen LogP contribution is -2.35. The molecule has 0 spiro atoms. The molecule has 1 aromatic carbocycles. The number of anilines is 2. The summed E-state index contributed by atoms with van der Waals surface area (Å²) in [5.41, 5.74) is 1.78. The number of alkyl halides is 3. The normalized spacial score (nSPS) is 15.1. The van der Waals surface area contributed by atoms with Crippen LogP contribution in [0, 0.1) is 17.2 Å². The number of rotatable bonds is 12. The maximum Gasteiger partial charge on any atom is 0.451 e. The molecule has 238 valence electrons. The van der Waals surface area contributed by atoms with E-state index in [-0.39, 0.29) is 18.9 Å². The van der Waals surface area contributed by atoms with Crippen LogP contribution in [-0.4, -0.2) is 72.6 Å². The first-order valence-corrected chi connectivity index (χ1v) is 14.7. The molecule has 0 atom stereocenters. The first-order valence-electron chi connectivity index (χ1n) is 14.7. The second kappa shape index (κ2) is 17.0. The third-order valence-electron chi connectivity index (χ3n) is 7.50. The molecule has 0 saturated carbocycles. The van der Waals surface area contributed by atoms with Crippen molar-refractivity contribution >= 4 is 29.9 Å². The number of benzene rings is 1. The molecule has 3 N–H and O–H groups in total. The summed E-state index contributed by atoms with van der Waals surface area (Å²) < 4.78 is 40.0. The van der Waals surface area contributed by atoms with E-state index < -0.39 is 18.0 Å². The van der Waals surface area contributed by atoms with Crippen molar-refractivity contribution in [2.24, 2.45) is 5.92 Å². The summed E-state index contributed by atoms with van der Waals surface area (Å²) in [6.45, 7) is 2.86. The number of piperidine rings is 1. The third kappa shape index (κ3) is 11.3. The van der Waals surface area contributed by atoms with Crippen LogP contribution in [0.1, 0.15) is 61.9 Å². The van der Waals surface area contributed by atoms with Crippen LogP contribution in [-0.2, 0) is 27.0 Å². The number of halogens is 3. The SMILES string of the molecule is N#Cc1ccc(CCNC=O)cc1.O=C(O)CNC(=O)CCCC1CCN(c2cc(N3CCCC3)nc(C(F)(F)F)n2)CC1. The van der Waals surface area contributed by atoms with E-state index in [9.17, 15) is 27.6 Å². The molecule has 0 bridgehead atoms. The molecule has 1 aromatic heterocycles. The molecule has 2 amide bonds. The smallest absolute Gasteiger partial charge is 0.451 e. The summed E-state index contributed by atoms with van der Waals surface area (Å²) in [5.74, 6) is -1.42. The van der Waals surface area contributed by atoms with E-state index in [2.05, 4.69) is 20.6 Å². The van der Waals surface area contributed by atoms with Crippen molar-refractivity contribution in [3.05, 3.63) is 47.3 Å². The monoisotopic (exact) mass is 617 g/mol. The Hall–Kier alpha value is -4.41. The van der Waals surface area contributed by atoms with Crippen molar-refractivity contribution in [1.29, 1.82) is 5.26 Å². The van der Waals surface area contributed by atoms with Gasteiger partial charge in [-0.15, -0.1) is 0 Å². The van der Waals surface area contributed by atoms with Gasteiger partial charge in [-0.1, -0.05) is 12.1 Å². The van der Waals surface area contributed by atoms with E-state index in [0.29, 0.717) is 68.7 Å². The summed E-state index contributed by atoms with van der Waals surface area (Å²) in [5, 5.41) is 22.0. The fourth-order valence-corrected chi connectivity index (χ4v) is 5.11. The number of carbonyl (C=O) groups is 3. The van der Waals surface area contributed by atoms with Gasteiger partial charge in [0.2, 0.25) is 18.1 Å². The van der Waals surface area contributed by atoms with E-state index in [1.807, 2.05) is 28.0 Å². The number of nitrogens with one attached hydrogen (secondary N) is 2. The van der Waals surface area contributed by atoms with Crippen LogP contribution >= 0.6 is 0 Å². The molecule has 11 nitrogen and oxygen atoms in total. The highest BCUT2D eigenvalue weighted by Crippen LogP contribution is 2.33. The van der Waals surface area contributed by atoms with Crippen LogP contribution in [0.5, 0.6) is 0 Å². The molecular weight excluding hydrogens is 579 g/mol. The molecular formula is C30H38F3N7O4. The van der Waals surface area contributed by atoms with E-state index in [1.165, 1.54) is 0 Å². The van der Waals surface area contributed by atoms with E-state index >= 15 is 0 Å². The lowest BCUT2D eigenvalue weighted by Gasteiger charge is -2.33. The molecule has 3 heterocycles. The maximum absolute atomic E-state index is 13.3. The predicted octanol–water partition coefficient (Wildman–Crippen LogP) is 3.53. The number of carbonyl (C=O) groups excluding carboxylic acids is 2. The highest BCUT2D eigenvalue weighted by molar-refractivity contribution is 5.80.